The van der Waals surface area contributed by atoms with Crippen LogP contribution in [0.3, 0.4) is 0 Å². The summed E-state index contributed by atoms with van der Waals surface area (Å²) in [4.78, 5) is 85.8. The molecule has 21 heteroatoms. The maximum atomic E-state index is 13.5. The molecular weight excluding hydrogens is 643 g/mol. The number of rotatable bonds is 11. The molecule has 0 saturated carbocycles. The van der Waals surface area contributed by atoms with Gasteiger partial charge in [-0.15, -0.1) is 22.9 Å². The number of halogens is 1. The van der Waals surface area contributed by atoms with Crippen LogP contribution in [0.15, 0.2) is 21.8 Å². The van der Waals surface area contributed by atoms with E-state index in [0.717, 1.165) is 32.3 Å². The molecule has 3 heterocycles. The van der Waals surface area contributed by atoms with E-state index in [0.29, 0.717) is 0 Å². The highest BCUT2D eigenvalue weighted by Crippen LogP contribution is 2.37. The highest BCUT2D eigenvalue weighted by atomic mass is 35.5. The van der Waals surface area contributed by atoms with Gasteiger partial charge in [0.2, 0.25) is 11.5 Å². The van der Waals surface area contributed by atoms with Crippen molar-refractivity contribution in [2.75, 3.05) is 16.9 Å². The van der Waals surface area contributed by atoms with Gasteiger partial charge in [-0.2, -0.15) is 0 Å². The number of thiazole rings is 1. The molecule has 4 atom stereocenters. The van der Waals surface area contributed by atoms with E-state index in [1.807, 2.05) is 0 Å². The number of amides is 3. The number of nitrogens with zero attached hydrogens (tertiary/aromatic N) is 3. The highest BCUT2D eigenvalue weighted by Gasteiger charge is 2.61. The number of anilines is 1. The molecular formula is C23H28B2ClN5O11S2. The third-order valence-electron chi connectivity index (χ3n) is 5.91. The predicted octanol–water partition coefficient (Wildman–Crippen LogP) is -1.35. The van der Waals surface area contributed by atoms with Crippen molar-refractivity contribution < 1.29 is 52.2 Å². The Labute approximate surface area is 265 Å². The average Bonchev–Trinajstić information content (AvgIpc) is 3.42. The van der Waals surface area contributed by atoms with Gasteiger partial charge in [-0.05, 0) is 38.4 Å². The molecule has 2 aliphatic rings. The second-order valence-corrected chi connectivity index (χ2v) is 12.8. The number of hydrogen-bond acceptors (Lipinski definition) is 14. The molecule has 236 valence electrons. The normalized spacial score (nSPS) is 20.5. The Hall–Kier alpha value is -3.61. The SMILES string of the molecule is BOC(=O)C(=O)C1=C(CCl)C[S+]([O-])[C@@H]2[C@H](NC(=O)/C(=N\O[C@@H](CC)C(=O)OB)c3csc(NC(=O)OC(C)(C)C)n3)C(=O)N12. The number of fused-ring (bicyclic) bond motifs is 1. The van der Waals surface area contributed by atoms with Gasteiger partial charge in [-0.25, -0.2) is 19.4 Å². The summed E-state index contributed by atoms with van der Waals surface area (Å²) in [7, 11) is 2.13. The average molecular weight is 672 g/mol. The molecule has 3 amide bonds. The van der Waals surface area contributed by atoms with E-state index in [2.05, 4.69) is 30.1 Å². The molecule has 0 aromatic carbocycles. The van der Waals surface area contributed by atoms with Crippen molar-refractivity contribution in [2.45, 2.75) is 57.2 Å². The monoisotopic (exact) mass is 671 g/mol. The summed E-state index contributed by atoms with van der Waals surface area (Å²) in [5.41, 5.74) is -1.66. The van der Waals surface area contributed by atoms with Gasteiger partial charge in [0.1, 0.15) is 22.7 Å². The number of aromatic nitrogens is 1. The largest absolute Gasteiger partial charge is 0.614 e. The van der Waals surface area contributed by atoms with Crippen LogP contribution in [0.2, 0.25) is 0 Å². The van der Waals surface area contributed by atoms with Gasteiger partial charge < -0.3 is 28.8 Å². The molecule has 0 radical (unpaired) electrons. The third kappa shape index (κ3) is 7.72. The van der Waals surface area contributed by atoms with Gasteiger partial charge in [0.15, 0.2) is 16.9 Å². The lowest BCUT2D eigenvalue weighted by atomic mass is 10.0. The van der Waals surface area contributed by atoms with E-state index in [1.165, 1.54) is 5.38 Å². The van der Waals surface area contributed by atoms with Crippen molar-refractivity contribution in [3.05, 3.63) is 22.3 Å². The fourth-order valence-electron chi connectivity index (χ4n) is 3.94. The molecule has 1 aromatic heterocycles. The van der Waals surface area contributed by atoms with Crippen LogP contribution in [0.1, 0.15) is 39.8 Å². The van der Waals surface area contributed by atoms with Gasteiger partial charge in [-0.3, -0.25) is 24.6 Å². The number of nitrogens with one attached hydrogen (secondary N) is 2. The molecule has 3 rings (SSSR count). The van der Waals surface area contributed by atoms with Gasteiger partial charge in [-0.1, -0.05) is 12.1 Å². The van der Waals surface area contributed by atoms with E-state index in [1.54, 1.807) is 27.7 Å². The molecule has 0 spiro atoms. The number of ether oxygens (including phenoxy) is 1. The Kier molecular flexibility index (Phi) is 11.5. The Balaban J connectivity index is 1.90. The van der Waals surface area contributed by atoms with Gasteiger partial charge in [0.25, 0.3) is 17.6 Å². The molecule has 2 aliphatic heterocycles. The van der Waals surface area contributed by atoms with Crippen LogP contribution in [0, 0.1) is 0 Å². The van der Waals surface area contributed by atoms with Crippen molar-refractivity contribution in [1.29, 1.82) is 0 Å². The van der Waals surface area contributed by atoms with E-state index >= 15 is 0 Å². The standard InChI is InChI=1S/C23H28B2ClN5O11S2/c1-5-11(19(35)40-24)42-30-12(10-7-43-21(27-10)29-22(37)39-23(2,3)4)16(33)28-13-17(34)31-14(15(32)20(36)41-25)9(6-26)8-44(38)18(13)31/h7,11,13,18H,5-6,8,24-25H2,1-4H3,(H,28,33)(H,27,29,37)/b30-12-/t11-,13+,18+,44?/m0/s1. The van der Waals surface area contributed by atoms with Crippen LogP contribution in [0.25, 0.3) is 0 Å². The molecule has 1 saturated heterocycles. The quantitative estimate of drug-likeness (QED) is 0.0531. The number of oxime groups is 1. The van der Waals surface area contributed by atoms with Crippen LogP contribution >= 0.6 is 22.9 Å². The molecule has 2 N–H and O–H groups in total. The fourth-order valence-corrected chi connectivity index (χ4v) is 6.64. The second kappa shape index (κ2) is 14.4. The molecule has 16 nitrogen and oxygen atoms in total. The number of β-lactam (4-membered cyclic amide) rings is 1. The molecule has 44 heavy (non-hydrogen) atoms. The lowest BCUT2D eigenvalue weighted by Crippen LogP contribution is -2.75. The van der Waals surface area contributed by atoms with Gasteiger partial charge in [0, 0.05) is 11.0 Å². The Morgan fingerprint density at radius 1 is 1.27 bits per heavy atom. The minimum atomic E-state index is -1.83. The maximum Gasteiger partial charge on any atom is 0.413 e. The maximum absolute atomic E-state index is 13.5. The lowest BCUT2D eigenvalue weighted by molar-refractivity contribution is -0.151. The van der Waals surface area contributed by atoms with Crippen LogP contribution < -0.4 is 10.6 Å². The minimum Gasteiger partial charge on any atom is -0.614 e. The van der Waals surface area contributed by atoms with Crippen molar-refractivity contribution in [3.8, 4) is 0 Å². The van der Waals surface area contributed by atoms with E-state index in [9.17, 15) is 33.3 Å². The van der Waals surface area contributed by atoms with Crippen LogP contribution in [-0.4, -0.2) is 107 Å². The zero-order valence-electron chi connectivity index (χ0n) is 24.5. The fraction of sp³-hybridized carbons (Fsp3) is 0.478. The number of alkyl halides is 1. The number of carbonyl (C=O) groups is 6. The van der Waals surface area contributed by atoms with E-state index in [-0.39, 0.29) is 40.1 Å². The van der Waals surface area contributed by atoms with E-state index < -0.39 is 75.6 Å². The first kappa shape index (κ1) is 34.9. The Bertz CT molecular complexity index is 1420. The zero-order valence-corrected chi connectivity index (χ0v) is 26.8. The smallest absolute Gasteiger partial charge is 0.413 e. The van der Waals surface area contributed by atoms with E-state index in [4.69, 9.17) is 21.2 Å². The van der Waals surface area contributed by atoms with Crippen molar-refractivity contribution in [1.82, 2.24) is 15.2 Å². The highest BCUT2D eigenvalue weighted by molar-refractivity contribution is 7.92. The van der Waals surface area contributed by atoms with Crippen LogP contribution in [0.4, 0.5) is 9.93 Å². The molecule has 1 aromatic rings. The Morgan fingerprint density at radius 3 is 2.52 bits per heavy atom. The summed E-state index contributed by atoms with van der Waals surface area (Å²) in [5.74, 6) is -5.58. The van der Waals surface area contributed by atoms with Crippen molar-refractivity contribution in [3.63, 3.8) is 0 Å². The third-order valence-corrected chi connectivity index (χ3v) is 8.65. The number of hydrogen-bond donors (Lipinski definition) is 2. The lowest BCUT2D eigenvalue weighted by Gasteiger charge is -2.49. The molecule has 1 fully saturated rings. The summed E-state index contributed by atoms with van der Waals surface area (Å²) in [6.07, 6.45) is -1.88. The van der Waals surface area contributed by atoms with Crippen molar-refractivity contribution in [2.24, 2.45) is 5.16 Å². The number of ketones is 1. The second-order valence-electron chi connectivity index (χ2n) is 10.1. The van der Waals surface area contributed by atoms with Gasteiger partial charge >= 0.3 is 34.1 Å². The van der Waals surface area contributed by atoms with Crippen molar-refractivity contribution >= 4 is 96.7 Å². The first-order valence-corrected chi connectivity index (χ1v) is 15.7. The van der Waals surface area contributed by atoms with Crippen LogP contribution in [-0.2, 0) is 54.0 Å². The van der Waals surface area contributed by atoms with Crippen LogP contribution in [0.5, 0.6) is 0 Å². The Morgan fingerprint density at radius 2 is 1.95 bits per heavy atom. The zero-order chi connectivity index (χ0) is 32.9. The predicted molar refractivity (Wildman–Crippen MR) is 161 cm³/mol. The topological polar surface area (TPSA) is 215 Å². The summed E-state index contributed by atoms with van der Waals surface area (Å²) >= 11 is 4.99. The molecule has 1 unspecified atom stereocenters. The summed E-state index contributed by atoms with van der Waals surface area (Å²) in [6.45, 7) is 6.61. The van der Waals surface area contributed by atoms with Gasteiger partial charge in [0.05, 0.1) is 5.88 Å². The first-order valence-electron chi connectivity index (χ1n) is 12.9. The first-order chi connectivity index (χ1) is 20.7. The summed E-state index contributed by atoms with van der Waals surface area (Å²) in [6, 6.07) is -1.41. The summed E-state index contributed by atoms with van der Waals surface area (Å²) in [5, 5.41) is 8.81. The molecule has 0 aliphatic carbocycles. The molecule has 0 bridgehead atoms. The number of Topliss-reactive ketones (excluding diaryl/α,β-unsaturated/α-hetero) is 1. The minimum absolute atomic E-state index is 0.0266. The summed E-state index contributed by atoms with van der Waals surface area (Å²) < 4.78 is 27.4. The number of carbonyl (C=O) groups excluding carboxylic acids is 6.